The van der Waals surface area contributed by atoms with Crippen LogP contribution in [0.15, 0.2) is 48.0 Å². The highest BCUT2D eigenvalue weighted by Crippen LogP contribution is 2.40. The van der Waals surface area contributed by atoms with Gasteiger partial charge in [-0.25, -0.2) is 7.50 Å². The van der Waals surface area contributed by atoms with Gasteiger partial charge in [0.15, 0.2) is 0 Å². The number of rotatable bonds is 4. The molecule has 0 atom stereocenters. The molecule has 2 aliphatic rings. The van der Waals surface area contributed by atoms with Crippen molar-refractivity contribution in [3.05, 3.63) is 65.0 Å². The van der Waals surface area contributed by atoms with Gasteiger partial charge in [0.25, 0.3) is 5.91 Å². The summed E-state index contributed by atoms with van der Waals surface area (Å²) in [7, 11) is 0. The Hall–Kier alpha value is -2.27. The third kappa shape index (κ3) is 4.41. The summed E-state index contributed by atoms with van der Waals surface area (Å²) in [5.74, 6) is -0.180. The van der Waals surface area contributed by atoms with E-state index in [1.807, 2.05) is 0 Å². The van der Waals surface area contributed by atoms with Crippen molar-refractivity contribution in [2.45, 2.75) is 6.61 Å². The lowest BCUT2D eigenvalue weighted by atomic mass is 9.90. The van der Waals surface area contributed by atoms with Crippen molar-refractivity contribution in [3.63, 3.8) is 0 Å². The first-order valence-corrected chi connectivity index (χ1v) is 10.3. The third-order valence-corrected chi connectivity index (χ3v) is 5.99. The van der Waals surface area contributed by atoms with Gasteiger partial charge in [0.2, 0.25) is 0 Å². The van der Waals surface area contributed by atoms with Gasteiger partial charge in [-0.05, 0) is 35.9 Å². The Bertz CT molecular complexity index is 974. The summed E-state index contributed by atoms with van der Waals surface area (Å²) >= 11 is 2.22. The molecule has 0 saturated carbocycles. The van der Waals surface area contributed by atoms with E-state index < -0.39 is 12.4 Å². The molecular weight excluding hydrogens is 512 g/mol. The molecule has 1 saturated heterocycles. The Labute approximate surface area is 185 Å². The van der Waals surface area contributed by atoms with Gasteiger partial charge in [-0.1, -0.05) is 12.1 Å². The molecule has 0 spiro atoms. The maximum Gasteiger partial charge on any atom is 0.387 e. The van der Waals surface area contributed by atoms with Crippen molar-refractivity contribution < 1.29 is 27.4 Å². The fourth-order valence-electron chi connectivity index (χ4n) is 3.58. The zero-order chi connectivity index (χ0) is 21.3. The maximum absolute atomic E-state index is 13.5. The summed E-state index contributed by atoms with van der Waals surface area (Å²) in [5, 5.41) is 0. The van der Waals surface area contributed by atoms with E-state index in [1.165, 1.54) is 30.3 Å². The molecule has 2 aliphatic heterocycles. The van der Waals surface area contributed by atoms with E-state index in [9.17, 15) is 18.0 Å². The number of carbonyl (C=O) groups is 1. The number of benzene rings is 2. The molecule has 158 valence electrons. The van der Waals surface area contributed by atoms with Crippen LogP contribution in [0.4, 0.5) is 13.2 Å². The van der Waals surface area contributed by atoms with E-state index >= 15 is 0 Å². The van der Waals surface area contributed by atoms with Gasteiger partial charge in [0, 0.05) is 60.2 Å². The van der Waals surface area contributed by atoms with Crippen molar-refractivity contribution in [2.24, 2.45) is 0 Å². The number of ether oxygens (including phenoxy) is 2. The molecule has 0 N–H and O–H groups in total. The molecule has 30 heavy (non-hydrogen) atoms. The lowest BCUT2D eigenvalue weighted by Crippen LogP contribution is -2.46. The van der Waals surface area contributed by atoms with Gasteiger partial charge in [-0.3, -0.25) is 4.79 Å². The highest BCUT2D eigenvalue weighted by molar-refractivity contribution is 14.1. The van der Waals surface area contributed by atoms with Crippen molar-refractivity contribution in [2.75, 3.05) is 32.8 Å². The van der Waals surface area contributed by atoms with Crippen LogP contribution in [-0.2, 0) is 4.79 Å². The first-order chi connectivity index (χ1) is 14.4. The topological polar surface area (TPSA) is 42.0 Å². The average molecular weight is 530 g/mol. The molecule has 1 amide bonds. The number of amides is 1. The van der Waals surface area contributed by atoms with E-state index in [-0.39, 0.29) is 18.3 Å². The quantitative estimate of drug-likeness (QED) is 0.441. The van der Waals surface area contributed by atoms with Gasteiger partial charge in [0.1, 0.15) is 23.9 Å². The van der Waals surface area contributed by atoms with Crippen molar-refractivity contribution in [1.29, 1.82) is 0 Å². The van der Waals surface area contributed by atoms with E-state index in [2.05, 4.69) is 30.7 Å². The van der Waals surface area contributed by atoms with Crippen LogP contribution in [0, 0.1) is 5.82 Å². The lowest BCUT2D eigenvalue weighted by Gasteiger charge is -2.33. The zero-order valence-corrected chi connectivity index (χ0v) is 17.9. The minimum absolute atomic E-state index is 0.0397. The Balaban J connectivity index is 1.81. The molecule has 0 aliphatic carbocycles. The van der Waals surface area contributed by atoms with Crippen LogP contribution in [0.1, 0.15) is 11.1 Å². The average Bonchev–Trinajstić information content (AvgIpc) is 2.73. The van der Waals surface area contributed by atoms with Gasteiger partial charge >= 0.3 is 6.61 Å². The number of carbonyl (C=O) groups excluding carboxylic acids is 1. The number of nitrogens with zero attached hydrogens (tertiary/aromatic N) is 2. The predicted molar refractivity (Wildman–Crippen MR) is 113 cm³/mol. The SMILES string of the molecule is O=C(C1=C(c2ccc(F)cc2)c2cc(OC(F)F)ccc2OC1)N1CCN(I)CC1. The van der Waals surface area contributed by atoms with E-state index in [1.54, 1.807) is 17.0 Å². The highest BCUT2D eigenvalue weighted by atomic mass is 127. The zero-order valence-electron chi connectivity index (χ0n) is 15.8. The Morgan fingerprint density at radius 1 is 1.07 bits per heavy atom. The number of alkyl halides is 2. The fraction of sp³-hybridized carbons (Fsp3) is 0.286. The Morgan fingerprint density at radius 2 is 1.77 bits per heavy atom. The second-order valence-electron chi connectivity index (χ2n) is 6.89. The molecule has 2 heterocycles. The van der Waals surface area contributed by atoms with Crippen LogP contribution in [-0.4, -0.2) is 53.3 Å². The van der Waals surface area contributed by atoms with Gasteiger partial charge in [0.05, 0.1) is 5.57 Å². The molecule has 0 aromatic heterocycles. The summed E-state index contributed by atoms with van der Waals surface area (Å²) in [6.45, 7) is -0.300. The summed E-state index contributed by atoms with van der Waals surface area (Å²) in [5.41, 5.74) is 2.01. The van der Waals surface area contributed by atoms with Crippen molar-refractivity contribution in [1.82, 2.24) is 8.01 Å². The first kappa shape index (κ1) is 21.0. The second kappa shape index (κ2) is 8.84. The van der Waals surface area contributed by atoms with E-state index in [0.717, 1.165) is 13.1 Å². The Kier molecular flexibility index (Phi) is 6.19. The normalized spacial score (nSPS) is 17.0. The van der Waals surface area contributed by atoms with Crippen LogP contribution in [0.5, 0.6) is 11.5 Å². The highest BCUT2D eigenvalue weighted by Gasteiger charge is 2.30. The molecule has 5 nitrogen and oxygen atoms in total. The van der Waals surface area contributed by atoms with E-state index in [0.29, 0.717) is 41.1 Å². The smallest absolute Gasteiger partial charge is 0.387 e. The molecule has 0 bridgehead atoms. The maximum atomic E-state index is 13.5. The predicted octanol–water partition coefficient (Wildman–Crippen LogP) is 4.12. The number of hydrogen-bond acceptors (Lipinski definition) is 4. The Morgan fingerprint density at radius 3 is 2.43 bits per heavy atom. The van der Waals surface area contributed by atoms with Crippen molar-refractivity contribution in [3.8, 4) is 11.5 Å². The first-order valence-electron chi connectivity index (χ1n) is 9.33. The summed E-state index contributed by atoms with van der Waals surface area (Å²) in [4.78, 5) is 15.1. The monoisotopic (exact) mass is 530 g/mol. The number of fused-ring (bicyclic) bond motifs is 1. The van der Waals surface area contributed by atoms with Gasteiger partial charge < -0.3 is 14.4 Å². The molecule has 2 aromatic carbocycles. The standard InChI is InChI=1S/C21H18F3IN2O3/c22-14-3-1-13(2-4-14)19-16-11-15(30-21(23)24)5-6-18(16)29-12-17(19)20(28)26-7-9-27(25)10-8-26/h1-6,11,21H,7-10,12H2. The molecule has 0 unspecified atom stereocenters. The van der Waals surface area contributed by atoms with Crippen LogP contribution < -0.4 is 9.47 Å². The summed E-state index contributed by atoms with van der Waals surface area (Å²) in [6.07, 6.45) is 0. The third-order valence-electron chi connectivity index (χ3n) is 5.02. The van der Waals surface area contributed by atoms with Gasteiger partial charge in [-0.2, -0.15) is 8.78 Å². The largest absolute Gasteiger partial charge is 0.488 e. The van der Waals surface area contributed by atoms with Crippen LogP contribution in [0.2, 0.25) is 0 Å². The molecule has 1 fully saturated rings. The molecular formula is C21H18F3IN2O3. The second-order valence-corrected chi connectivity index (χ2v) is 8.25. The number of halogens is 4. The van der Waals surface area contributed by atoms with Crippen molar-refractivity contribution >= 4 is 34.3 Å². The number of hydrogen-bond donors (Lipinski definition) is 0. The number of piperazine rings is 1. The minimum Gasteiger partial charge on any atom is -0.488 e. The molecule has 0 radical (unpaired) electrons. The summed E-state index contributed by atoms with van der Waals surface area (Å²) < 4.78 is 51.4. The van der Waals surface area contributed by atoms with Crippen LogP contribution in [0.3, 0.4) is 0 Å². The summed E-state index contributed by atoms with van der Waals surface area (Å²) in [6, 6.07) is 10.1. The minimum atomic E-state index is -2.98. The van der Waals surface area contributed by atoms with Crippen LogP contribution in [0.25, 0.3) is 5.57 Å². The van der Waals surface area contributed by atoms with E-state index in [4.69, 9.17) is 4.74 Å². The lowest BCUT2D eigenvalue weighted by molar-refractivity contribution is -0.128. The molecule has 4 rings (SSSR count). The fourth-order valence-corrected chi connectivity index (χ4v) is 4.01. The molecule has 9 heteroatoms. The van der Waals surface area contributed by atoms with Crippen LogP contribution >= 0.6 is 22.9 Å². The van der Waals surface area contributed by atoms with Gasteiger partial charge in [-0.15, -0.1) is 0 Å². The molecule has 2 aromatic rings.